The van der Waals surface area contributed by atoms with Crippen LogP contribution in [0.3, 0.4) is 0 Å². The zero-order valence-electron chi connectivity index (χ0n) is 23.3. The van der Waals surface area contributed by atoms with Gasteiger partial charge in [-0.25, -0.2) is 0 Å². The summed E-state index contributed by atoms with van der Waals surface area (Å²) in [4.78, 5) is 9.37. The van der Waals surface area contributed by atoms with E-state index in [0.717, 1.165) is 21.8 Å². The van der Waals surface area contributed by atoms with Gasteiger partial charge in [-0.1, -0.05) is 109 Å². The highest BCUT2D eigenvalue weighted by atomic mass is 15.0. The Hall–Kier alpha value is -5.80. The lowest BCUT2D eigenvalue weighted by atomic mass is 9.94. The molecule has 200 valence electrons. The van der Waals surface area contributed by atoms with Gasteiger partial charge in [0.2, 0.25) is 0 Å². The number of nitrogens with zero attached hydrogens (tertiary/aromatic N) is 3. The third kappa shape index (κ3) is 3.68. The Bertz CT molecular complexity index is 2450. The van der Waals surface area contributed by atoms with Gasteiger partial charge in [0, 0.05) is 39.6 Å². The molecule has 0 atom stereocenters. The van der Waals surface area contributed by atoms with Gasteiger partial charge in [0.1, 0.15) is 0 Å². The summed E-state index contributed by atoms with van der Waals surface area (Å²) in [5.74, 6) is 0. The van der Waals surface area contributed by atoms with Gasteiger partial charge in [-0.2, -0.15) is 0 Å². The first-order valence-corrected chi connectivity index (χ1v) is 14.6. The van der Waals surface area contributed by atoms with Crippen molar-refractivity contribution in [3.63, 3.8) is 0 Å². The fraction of sp³-hybridized carbons (Fsp3) is 0. The first-order chi connectivity index (χ1) is 21.3. The molecule has 2 heterocycles. The number of fused-ring (bicyclic) bond motifs is 9. The summed E-state index contributed by atoms with van der Waals surface area (Å²) in [5, 5.41) is 7.19. The van der Waals surface area contributed by atoms with Crippen LogP contribution in [0.1, 0.15) is 0 Å². The second kappa shape index (κ2) is 9.37. The molecule has 3 heteroatoms. The van der Waals surface area contributed by atoms with E-state index in [4.69, 9.17) is 4.98 Å². The standard InChI is InChI=1S/C40H25N3/c1-2-8-30(9-3-1)43-37-13-7-6-11-32(37)33-20-18-29(25-38(33)43)27-16-14-26(15-17-27)28-19-21-35-36(24-28)31-10-4-5-12-34(31)39-40(35)42-23-22-41-39/h1-25H. The van der Waals surface area contributed by atoms with Crippen LogP contribution < -0.4 is 0 Å². The number of aromatic nitrogens is 3. The van der Waals surface area contributed by atoms with Crippen LogP contribution in [-0.4, -0.2) is 14.5 Å². The van der Waals surface area contributed by atoms with E-state index in [9.17, 15) is 0 Å². The first kappa shape index (κ1) is 23.9. The van der Waals surface area contributed by atoms with Crippen LogP contribution in [-0.2, 0) is 0 Å². The van der Waals surface area contributed by atoms with E-state index in [-0.39, 0.29) is 0 Å². The Balaban J connectivity index is 1.16. The molecule has 0 unspecified atom stereocenters. The lowest BCUT2D eigenvalue weighted by molar-refractivity contribution is 1.18. The third-order valence-corrected chi connectivity index (χ3v) is 8.69. The van der Waals surface area contributed by atoms with Gasteiger partial charge in [0.05, 0.1) is 22.1 Å². The monoisotopic (exact) mass is 547 g/mol. The zero-order chi connectivity index (χ0) is 28.3. The van der Waals surface area contributed by atoms with Gasteiger partial charge < -0.3 is 4.57 Å². The molecule has 0 bridgehead atoms. The summed E-state index contributed by atoms with van der Waals surface area (Å²) < 4.78 is 2.37. The van der Waals surface area contributed by atoms with Crippen molar-refractivity contribution in [1.82, 2.24) is 14.5 Å². The molecule has 0 radical (unpaired) electrons. The second-order valence-electron chi connectivity index (χ2n) is 11.1. The minimum absolute atomic E-state index is 0.946. The SMILES string of the molecule is c1ccc(-n2c3ccccc3c3ccc(-c4ccc(-c5ccc6c(c5)c5ccccc5c5nccnc65)cc4)cc32)cc1. The Kier molecular flexibility index (Phi) is 5.20. The second-order valence-corrected chi connectivity index (χ2v) is 11.1. The number of rotatable bonds is 3. The number of para-hydroxylation sites is 2. The highest BCUT2D eigenvalue weighted by molar-refractivity contribution is 6.23. The van der Waals surface area contributed by atoms with Crippen LogP contribution in [0.4, 0.5) is 0 Å². The third-order valence-electron chi connectivity index (χ3n) is 8.69. The molecule has 3 nitrogen and oxygen atoms in total. The van der Waals surface area contributed by atoms with Gasteiger partial charge in [0.15, 0.2) is 0 Å². The van der Waals surface area contributed by atoms with Gasteiger partial charge in [0.25, 0.3) is 0 Å². The van der Waals surface area contributed by atoms with Gasteiger partial charge in [-0.15, -0.1) is 0 Å². The molecule has 0 N–H and O–H groups in total. The molecule has 0 fully saturated rings. The van der Waals surface area contributed by atoms with Crippen molar-refractivity contribution < 1.29 is 0 Å². The minimum atomic E-state index is 0.946. The Morgan fingerprint density at radius 1 is 0.349 bits per heavy atom. The molecule has 0 aliphatic rings. The quantitative estimate of drug-likeness (QED) is 0.206. The maximum atomic E-state index is 4.70. The van der Waals surface area contributed by atoms with E-state index in [1.807, 2.05) is 0 Å². The van der Waals surface area contributed by atoms with Crippen molar-refractivity contribution in [3.05, 3.63) is 152 Å². The molecule has 0 saturated heterocycles. The minimum Gasteiger partial charge on any atom is -0.309 e. The molecule has 0 amide bonds. The van der Waals surface area contributed by atoms with Crippen LogP contribution in [0, 0.1) is 0 Å². The van der Waals surface area contributed by atoms with E-state index in [1.165, 1.54) is 60.5 Å². The maximum absolute atomic E-state index is 4.70. The van der Waals surface area contributed by atoms with Crippen LogP contribution >= 0.6 is 0 Å². The Labute approximate surface area is 248 Å². The predicted molar refractivity (Wildman–Crippen MR) is 180 cm³/mol. The number of benzene rings is 7. The lowest BCUT2D eigenvalue weighted by Gasteiger charge is -2.11. The fourth-order valence-electron chi connectivity index (χ4n) is 6.67. The topological polar surface area (TPSA) is 30.7 Å². The summed E-state index contributed by atoms with van der Waals surface area (Å²) in [5.41, 5.74) is 10.3. The molecule has 7 aromatic carbocycles. The van der Waals surface area contributed by atoms with Crippen LogP contribution in [0.15, 0.2) is 152 Å². The van der Waals surface area contributed by atoms with Gasteiger partial charge >= 0.3 is 0 Å². The molecular weight excluding hydrogens is 522 g/mol. The van der Waals surface area contributed by atoms with Crippen LogP contribution in [0.2, 0.25) is 0 Å². The van der Waals surface area contributed by atoms with Crippen molar-refractivity contribution in [2.24, 2.45) is 0 Å². The average Bonchev–Trinajstić information content (AvgIpc) is 3.42. The smallest absolute Gasteiger partial charge is 0.0971 e. The predicted octanol–water partition coefficient (Wildman–Crippen LogP) is 10.4. The summed E-state index contributed by atoms with van der Waals surface area (Å²) in [6.45, 7) is 0. The summed E-state index contributed by atoms with van der Waals surface area (Å²) >= 11 is 0. The van der Waals surface area contributed by atoms with E-state index in [0.29, 0.717) is 0 Å². The summed E-state index contributed by atoms with van der Waals surface area (Å²) in [6.07, 6.45) is 3.55. The van der Waals surface area contributed by atoms with E-state index < -0.39 is 0 Å². The highest BCUT2D eigenvalue weighted by Crippen LogP contribution is 2.37. The molecule has 9 rings (SSSR count). The molecule has 9 aromatic rings. The molecule has 0 spiro atoms. The van der Waals surface area contributed by atoms with Crippen LogP contribution in [0.5, 0.6) is 0 Å². The molecule has 2 aromatic heterocycles. The van der Waals surface area contributed by atoms with Crippen molar-refractivity contribution in [1.29, 1.82) is 0 Å². The van der Waals surface area contributed by atoms with E-state index in [2.05, 4.69) is 149 Å². The van der Waals surface area contributed by atoms with E-state index >= 15 is 0 Å². The summed E-state index contributed by atoms with van der Waals surface area (Å²) in [7, 11) is 0. The number of hydrogen-bond acceptors (Lipinski definition) is 2. The Morgan fingerprint density at radius 3 is 1.58 bits per heavy atom. The molecule has 0 saturated carbocycles. The summed E-state index contributed by atoms with van der Waals surface area (Å²) in [6, 6.07) is 50.2. The molecule has 0 aliphatic heterocycles. The van der Waals surface area contributed by atoms with Crippen molar-refractivity contribution in [2.75, 3.05) is 0 Å². The first-order valence-electron chi connectivity index (χ1n) is 14.6. The number of hydrogen-bond donors (Lipinski definition) is 0. The lowest BCUT2D eigenvalue weighted by Crippen LogP contribution is -1.93. The average molecular weight is 548 g/mol. The van der Waals surface area contributed by atoms with Crippen molar-refractivity contribution in [2.45, 2.75) is 0 Å². The van der Waals surface area contributed by atoms with Crippen molar-refractivity contribution in [3.8, 4) is 27.9 Å². The normalized spacial score (nSPS) is 11.7. The van der Waals surface area contributed by atoms with Crippen molar-refractivity contribution >= 4 is 54.4 Å². The largest absolute Gasteiger partial charge is 0.309 e. The molecule has 0 aliphatic carbocycles. The highest BCUT2D eigenvalue weighted by Gasteiger charge is 2.14. The van der Waals surface area contributed by atoms with Crippen LogP contribution in [0.25, 0.3) is 82.3 Å². The van der Waals surface area contributed by atoms with Gasteiger partial charge in [-0.05, 0) is 63.4 Å². The maximum Gasteiger partial charge on any atom is 0.0971 e. The molecular formula is C40H25N3. The van der Waals surface area contributed by atoms with E-state index in [1.54, 1.807) is 12.4 Å². The molecule has 43 heavy (non-hydrogen) atoms. The zero-order valence-corrected chi connectivity index (χ0v) is 23.3. The Morgan fingerprint density at radius 2 is 0.860 bits per heavy atom. The fourth-order valence-corrected chi connectivity index (χ4v) is 6.67. The van der Waals surface area contributed by atoms with Gasteiger partial charge in [-0.3, -0.25) is 9.97 Å².